The highest BCUT2D eigenvalue weighted by Gasteiger charge is 2.27. The summed E-state index contributed by atoms with van der Waals surface area (Å²) < 4.78 is 16.5. The van der Waals surface area contributed by atoms with Crippen molar-refractivity contribution in [3.63, 3.8) is 0 Å². The van der Waals surface area contributed by atoms with Gasteiger partial charge in [0.05, 0.1) is 27.9 Å². The fraction of sp³-hybridized carbons (Fsp3) is 0.680. The van der Waals surface area contributed by atoms with Crippen LogP contribution in [0.2, 0.25) is 0 Å². The Kier molecular flexibility index (Phi) is 9.47. The molecule has 2 aliphatic rings. The molecule has 7 nitrogen and oxygen atoms in total. The molecule has 3 rings (SSSR count). The van der Waals surface area contributed by atoms with Crippen LogP contribution in [0.15, 0.2) is 12.1 Å². The van der Waals surface area contributed by atoms with Gasteiger partial charge >= 0.3 is 0 Å². The van der Waals surface area contributed by atoms with Crippen molar-refractivity contribution in [2.45, 2.75) is 76.9 Å². The van der Waals surface area contributed by atoms with Crippen molar-refractivity contribution in [1.82, 2.24) is 15.5 Å². The number of hydrogen-bond donors (Lipinski definition) is 2. The predicted octanol–water partition coefficient (Wildman–Crippen LogP) is 4.03. The molecular weight excluding hydrogens is 438 g/mol. The van der Waals surface area contributed by atoms with Crippen LogP contribution in [-0.4, -0.2) is 55.9 Å². The number of nitrogens with one attached hydrogen (secondary N) is 2. The lowest BCUT2D eigenvalue weighted by Crippen LogP contribution is -2.49. The molecule has 2 N–H and O–H groups in total. The minimum atomic E-state index is 0.00950. The maximum absolute atomic E-state index is 12.6. The van der Waals surface area contributed by atoms with Crippen LogP contribution < -0.4 is 24.8 Å². The Morgan fingerprint density at radius 1 is 1.00 bits per heavy atom. The van der Waals surface area contributed by atoms with Gasteiger partial charge in [-0.1, -0.05) is 32.6 Å². The number of hydrogen-bond acceptors (Lipinski definition) is 5. The number of thiocarbonyl (C=S) groups is 1. The molecule has 2 fully saturated rings. The lowest BCUT2D eigenvalue weighted by atomic mass is 9.86. The van der Waals surface area contributed by atoms with Crippen LogP contribution in [0.1, 0.15) is 63.9 Å². The smallest absolute Gasteiger partial charge is 0.239 e. The number of benzene rings is 1. The Hall–Kier alpha value is -2.22. The fourth-order valence-corrected chi connectivity index (χ4v) is 5.34. The molecule has 8 heteroatoms. The molecule has 33 heavy (non-hydrogen) atoms. The van der Waals surface area contributed by atoms with E-state index in [2.05, 4.69) is 22.5 Å². The first-order valence-corrected chi connectivity index (χ1v) is 12.5. The third-order valence-electron chi connectivity index (χ3n) is 6.96. The van der Waals surface area contributed by atoms with Gasteiger partial charge in [-0.15, -0.1) is 0 Å². The lowest BCUT2D eigenvalue weighted by Gasteiger charge is -2.33. The summed E-state index contributed by atoms with van der Waals surface area (Å²) in [6.45, 7) is 3.02. The molecule has 0 bridgehead atoms. The first kappa shape index (κ1) is 25.4. The maximum atomic E-state index is 12.6. The second kappa shape index (κ2) is 12.3. The molecule has 0 aromatic heterocycles. The van der Waals surface area contributed by atoms with Gasteiger partial charge in [-0.25, -0.2) is 0 Å². The van der Waals surface area contributed by atoms with E-state index in [4.69, 9.17) is 26.4 Å². The monoisotopic (exact) mass is 477 g/mol. The number of rotatable bonds is 9. The zero-order valence-corrected chi connectivity index (χ0v) is 21.3. The summed E-state index contributed by atoms with van der Waals surface area (Å²) in [6.07, 6.45) is 9.26. The normalized spacial score (nSPS) is 20.7. The standard InChI is InChI=1S/C25H39N3O4S/c1-17-9-5-8-12-20(17)27-23(29)15-26-25(33)28(19-10-6-7-11-19)16-18-13-21(30-2)24(32-4)22(14-18)31-3/h13-14,17,19-20H,5-12,15-16H2,1-4H3,(H,26,33)(H,27,29)/t17-,20-/m0/s1. The fourth-order valence-electron chi connectivity index (χ4n) is 5.05. The molecule has 1 aromatic rings. The molecule has 0 radical (unpaired) electrons. The summed E-state index contributed by atoms with van der Waals surface area (Å²) in [4.78, 5) is 14.8. The molecule has 0 spiro atoms. The largest absolute Gasteiger partial charge is 0.493 e. The number of methoxy groups -OCH3 is 3. The van der Waals surface area contributed by atoms with E-state index in [-0.39, 0.29) is 18.5 Å². The van der Waals surface area contributed by atoms with Gasteiger partial charge in [0.15, 0.2) is 16.6 Å². The van der Waals surface area contributed by atoms with Crippen molar-refractivity contribution < 1.29 is 19.0 Å². The van der Waals surface area contributed by atoms with Crippen molar-refractivity contribution in [2.75, 3.05) is 27.9 Å². The molecule has 2 aliphatic carbocycles. The zero-order valence-electron chi connectivity index (χ0n) is 20.4. The van der Waals surface area contributed by atoms with Crippen LogP contribution in [0.25, 0.3) is 0 Å². The highest BCUT2D eigenvalue weighted by Crippen LogP contribution is 2.39. The van der Waals surface area contributed by atoms with Crippen LogP contribution >= 0.6 is 12.2 Å². The molecule has 0 saturated heterocycles. The minimum Gasteiger partial charge on any atom is -0.493 e. The van der Waals surface area contributed by atoms with Crippen molar-refractivity contribution in [3.05, 3.63) is 17.7 Å². The Morgan fingerprint density at radius 3 is 2.18 bits per heavy atom. The Balaban J connectivity index is 1.67. The Labute approximate surface area is 203 Å². The van der Waals surface area contributed by atoms with E-state index in [9.17, 15) is 4.79 Å². The summed E-state index contributed by atoms with van der Waals surface area (Å²) in [5.41, 5.74) is 1.01. The van der Waals surface area contributed by atoms with E-state index in [0.29, 0.717) is 40.9 Å². The van der Waals surface area contributed by atoms with Gasteiger partial charge in [0.25, 0.3) is 0 Å². The summed E-state index contributed by atoms with van der Waals surface area (Å²) in [7, 11) is 4.84. The van der Waals surface area contributed by atoms with Gasteiger partial charge in [0.2, 0.25) is 11.7 Å². The number of ether oxygens (including phenoxy) is 3. The molecule has 1 amide bonds. The van der Waals surface area contributed by atoms with Crippen LogP contribution in [-0.2, 0) is 11.3 Å². The number of amides is 1. The first-order chi connectivity index (χ1) is 16.0. The highest BCUT2D eigenvalue weighted by molar-refractivity contribution is 7.80. The predicted molar refractivity (Wildman–Crippen MR) is 134 cm³/mol. The van der Waals surface area contributed by atoms with Crippen LogP contribution in [0.5, 0.6) is 17.2 Å². The number of carbonyl (C=O) groups excluding carboxylic acids is 1. The molecular formula is C25H39N3O4S. The third kappa shape index (κ3) is 6.65. The lowest BCUT2D eigenvalue weighted by molar-refractivity contribution is -0.121. The second-order valence-corrected chi connectivity index (χ2v) is 9.58. The SMILES string of the molecule is COc1cc(CN(C(=S)NCC(=O)N[C@H]2CCCC[C@@H]2C)C2CCCC2)cc(OC)c1OC. The second-order valence-electron chi connectivity index (χ2n) is 9.19. The van der Waals surface area contributed by atoms with Gasteiger partial charge in [0, 0.05) is 18.6 Å². The minimum absolute atomic E-state index is 0.00950. The molecule has 0 unspecified atom stereocenters. The van der Waals surface area contributed by atoms with E-state index < -0.39 is 0 Å². The Morgan fingerprint density at radius 2 is 1.61 bits per heavy atom. The third-order valence-corrected chi connectivity index (χ3v) is 7.34. The molecule has 2 atom stereocenters. The summed E-state index contributed by atoms with van der Waals surface area (Å²) in [5, 5.41) is 7.03. The molecule has 0 aliphatic heterocycles. The average Bonchev–Trinajstić information content (AvgIpc) is 3.36. The maximum Gasteiger partial charge on any atom is 0.239 e. The van der Waals surface area contributed by atoms with Crippen molar-refractivity contribution in [2.24, 2.45) is 5.92 Å². The quantitative estimate of drug-likeness (QED) is 0.521. The van der Waals surface area contributed by atoms with Gasteiger partial charge in [-0.05, 0) is 61.5 Å². The highest BCUT2D eigenvalue weighted by atomic mass is 32.1. The van der Waals surface area contributed by atoms with Crippen LogP contribution in [0.3, 0.4) is 0 Å². The number of nitrogens with zero attached hydrogens (tertiary/aromatic N) is 1. The van der Waals surface area contributed by atoms with Gasteiger partial charge < -0.3 is 29.7 Å². The van der Waals surface area contributed by atoms with Crippen LogP contribution in [0.4, 0.5) is 0 Å². The summed E-state index contributed by atoms with van der Waals surface area (Å²) in [6, 6.07) is 4.55. The van der Waals surface area contributed by atoms with E-state index in [1.165, 1.54) is 32.1 Å². The van der Waals surface area contributed by atoms with E-state index in [1.807, 2.05) is 12.1 Å². The topological polar surface area (TPSA) is 72.1 Å². The molecule has 184 valence electrons. The molecule has 0 heterocycles. The van der Waals surface area contributed by atoms with E-state index in [0.717, 1.165) is 24.8 Å². The molecule has 1 aromatic carbocycles. The van der Waals surface area contributed by atoms with E-state index in [1.54, 1.807) is 21.3 Å². The van der Waals surface area contributed by atoms with Crippen molar-refractivity contribution >= 4 is 23.2 Å². The molecule has 2 saturated carbocycles. The van der Waals surface area contributed by atoms with E-state index >= 15 is 0 Å². The summed E-state index contributed by atoms with van der Waals surface area (Å²) >= 11 is 5.78. The Bertz CT molecular complexity index is 788. The van der Waals surface area contributed by atoms with Crippen molar-refractivity contribution in [3.8, 4) is 17.2 Å². The van der Waals surface area contributed by atoms with Crippen LogP contribution in [0, 0.1) is 5.92 Å². The van der Waals surface area contributed by atoms with Gasteiger partial charge in [-0.2, -0.15) is 0 Å². The number of carbonyl (C=O) groups is 1. The first-order valence-electron chi connectivity index (χ1n) is 12.1. The average molecular weight is 478 g/mol. The van der Waals surface area contributed by atoms with Gasteiger partial charge in [0.1, 0.15) is 0 Å². The summed E-state index contributed by atoms with van der Waals surface area (Å²) in [5.74, 6) is 2.36. The van der Waals surface area contributed by atoms with Gasteiger partial charge in [-0.3, -0.25) is 4.79 Å². The van der Waals surface area contributed by atoms with Crippen molar-refractivity contribution in [1.29, 1.82) is 0 Å². The zero-order chi connectivity index (χ0) is 23.8.